The van der Waals surface area contributed by atoms with Gasteiger partial charge in [-0.25, -0.2) is 0 Å². The molecule has 1 rings (SSSR count). The molecule has 3 N–H and O–H groups in total. The van der Waals surface area contributed by atoms with Crippen LogP contribution in [0.5, 0.6) is 0 Å². The van der Waals surface area contributed by atoms with Crippen LogP contribution in [0.15, 0.2) is 35.5 Å². The summed E-state index contributed by atoms with van der Waals surface area (Å²) in [5.74, 6) is -0.276. The Balaban J connectivity index is 2.98. The minimum Gasteiger partial charge on any atom is -0.390 e. The van der Waals surface area contributed by atoms with Crippen molar-refractivity contribution in [1.29, 1.82) is 0 Å². The minimum atomic E-state index is -0.977. The molecule has 3 atom stereocenters. The summed E-state index contributed by atoms with van der Waals surface area (Å²) in [4.78, 5) is 0. The molecule has 0 saturated carbocycles. The second kappa shape index (κ2) is 8.81. The number of hydrogen-bond acceptors (Lipinski definition) is 3. The maximum atomic E-state index is 10.5. The fraction of sp³-hybridized carbons (Fsp3) is 0.700. The van der Waals surface area contributed by atoms with Gasteiger partial charge in [-0.15, -0.1) is 0 Å². The molecule has 0 bridgehead atoms. The predicted octanol–water partition coefficient (Wildman–Crippen LogP) is 3.90. The topological polar surface area (TPSA) is 60.7 Å². The van der Waals surface area contributed by atoms with Gasteiger partial charge in [-0.1, -0.05) is 29.9 Å². The third-order valence-corrected chi connectivity index (χ3v) is 4.87. The summed E-state index contributed by atoms with van der Waals surface area (Å²) < 4.78 is 0. The van der Waals surface area contributed by atoms with Crippen LogP contribution in [-0.4, -0.2) is 33.1 Å². The molecule has 0 aromatic rings. The van der Waals surface area contributed by atoms with Gasteiger partial charge >= 0.3 is 0 Å². The van der Waals surface area contributed by atoms with E-state index in [1.54, 1.807) is 13.8 Å². The van der Waals surface area contributed by atoms with Gasteiger partial charge in [0.2, 0.25) is 0 Å². The van der Waals surface area contributed by atoms with Gasteiger partial charge in [0.05, 0.1) is 17.8 Å². The van der Waals surface area contributed by atoms with Gasteiger partial charge in [0, 0.05) is 5.92 Å². The van der Waals surface area contributed by atoms with E-state index in [0.29, 0.717) is 19.3 Å². The molecular weight excluding hydrogens is 288 g/mol. The highest BCUT2D eigenvalue weighted by Gasteiger charge is 2.32. The zero-order valence-corrected chi connectivity index (χ0v) is 15.2. The molecule has 0 fully saturated rings. The highest BCUT2D eigenvalue weighted by molar-refractivity contribution is 5.10. The molecule has 3 heteroatoms. The minimum absolute atomic E-state index is 0.276. The number of aliphatic hydroxyl groups excluding tert-OH is 2. The average molecular weight is 322 g/mol. The van der Waals surface area contributed by atoms with E-state index in [1.165, 1.54) is 5.57 Å². The summed E-state index contributed by atoms with van der Waals surface area (Å²) in [6.07, 6.45) is 7.50. The van der Waals surface area contributed by atoms with Crippen molar-refractivity contribution in [3.63, 3.8) is 0 Å². The van der Waals surface area contributed by atoms with E-state index in [0.717, 1.165) is 30.4 Å². The van der Waals surface area contributed by atoms with Crippen LogP contribution in [0, 0.1) is 5.92 Å². The largest absolute Gasteiger partial charge is 0.390 e. The van der Waals surface area contributed by atoms with Gasteiger partial charge in [-0.3, -0.25) is 0 Å². The summed E-state index contributed by atoms with van der Waals surface area (Å²) in [7, 11) is 0. The standard InChI is InChI=1S/C20H34O3/c1-14-7-6-8-15(2)13-19(22)17(20(4,5)23)11-10-16(3)18(21)12-9-14/h7,13,17-19,21-23H,3,6,8-12H2,1-2,4-5H3. The Morgan fingerprint density at radius 3 is 2.30 bits per heavy atom. The maximum absolute atomic E-state index is 10.5. The Hall–Kier alpha value is -0.900. The Morgan fingerprint density at radius 1 is 1.04 bits per heavy atom. The van der Waals surface area contributed by atoms with Gasteiger partial charge < -0.3 is 15.3 Å². The Kier molecular flexibility index (Phi) is 7.72. The summed E-state index contributed by atoms with van der Waals surface area (Å²) in [5, 5.41) is 31.2. The molecule has 0 heterocycles. The molecule has 0 radical (unpaired) electrons. The van der Waals surface area contributed by atoms with E-state index in [2.05, 4.69) is 19.6 Å². The fourth-order valence-corrected chi connectivity index (χ4v) is 3.16. The van der Waals surface area contributed by atoms with E-state index in [4.69, 9.17) is 0 Å². The van der Waals surface area contributed by atoms with Crippen LogP contribution in [0.25, 0.3) is 0 Å². The van der Waals surface area contributed by atoms with Crippen molar-refractivity contribution in [1.82, 2.24) is 0 Å². The first-order chi connectivity index (χ1) is 10.6. The highest BCUT2D eigenvalue weighted by atomic mass is 16.3. The summed E-state index contributed by atoms with van der Waals surface area (Å²) in [6, 6.07) is 0. The lowest BCUT2D eigenvalue weighted by Crippen LogP contribution is -2.39. The van der Waals surface area contributed by atoms with Crippen molar-refractivity contribution >= 4 is 0 Å². The number of aliphatic hydroxyl groups is 3. The van der Waals surface area contributed by atoms with Crippen molar-refractivity contribution in [2.45, 2.75) is 84.0 Å². The first kappa shape index (κ1) is 20.1. The Labute approximate surface area is 141 Å². The number of rotatable bonds is 1. The Morgan fingerprint density at radius 2 is 1.70 bits per heavy atom. The fourth-order valence-electron chi connectivity index (χ4n) is 3.16. The van der Waals surface area contributed by atoms with Crippen molar-refractivity contribution in [3.05, 3.63) is 35.5 Å². The molecule has 0 amide bonds. The van der Waals surface area contributed by atoms with E-state index < -0.39 is 17.8 Å². The van der Waals surface area contributed by atoms with Gasteiger partial charge in [-0.05, 0) is 71.8 Å². The average Bonchev–Trinajstić information content (AvgIpc) is 2.42. The zero-order valence-electron chi connectivity index (χ0n) is 15.2. The lowest BCUT2D eigenvalue weighted by atomic mass is 9.80. The van der Waals surface area contributed by atoms with Gasteiger partial charge in [0.15, 0.2) is 0 Å². The second-order valence-electron chi connectivity index (χ2n) is 7.60. The zero-order chi connectivity index (χ0) is 17.6. The van der Waals surface area contributed by atoms with Crippen molar-refractivity contribution < 1.29 is 15.3 Å². The van der Waals surface area contributed by atoms with Gasteiger partial charge in [0.25, 0.3) is 0 Å². The molecule has 1 aliphatic carbocycles. The Bertz CT molecular complexity index is 454. The SMILES string of the molecule is C=C1CCC(C(C)(C)O)C(O)C=C(C)CCC=C(C)CCC1O. The first-order valence-corrected chi connectivity index (χ1v) is 8.70. The molecule has 0 saturated heterocycles. The molecule has 3 unspecified atom stereocenters. The molecule has 0 aliphatic heterocycles. The summed E-state index contributed by atoms with van der Waals surface area (Å²) in [6.45, 7) is 11.6. The van der Waals surface area contributed by atoms with Crippen LogP contribution in [0.4, 0.5) is 0 Å². The van der Waals surface area contributed by atoms with Crippen LogP contribution in [0.3, 0.4) is 0 Å². The van der Waals surface area contributed by atoms with Crippen LogP contribution in [0.1, 0.15) is 66.2 Å². The van der Waals surface area contributed by atoms with Crippen molar-refractivity contribution in [3.8, 4) is 0 Å². The second-order valence-corrected chi connectivity index (χ2v) is 7.60. The van der Waals surface area contributed by atoms with E-state index in [1.807, 2.05) is 13.0 Å². The van der Waals surface area contributed by atoms with Crippen LogP contribution in [0.2, 0.25) is 0 Å². The smallest absolute Gasteiger partial charge is 0.0778 e. The van der Waals surface area contributed by atoms with Crippen molar-refractivity contribution in [2.75, 3.05) is 0 Å². The number of hydrogen-bond donors (Lipinski definition) is 3. The van der Waals surface area contributed by atoms with Crippen LogP contribution >= 0.6 is 0 Å². The summed E-state index contributed by atoms with van der Waals surface area (Å²) in [5.41, 5.74) is 2.25. The number of allylic oxidation sites excluding steroid dienone is 3. The molecule has 0 aromatic carbocycles. The normalized spacial score (nSPS) is 29.5. The molecule has 132 valence electrons. The van der Waals surface area contributed by atoms with E-state index in [9.17, 15) is 15.3 Å². The van der Waals surface area contributed by atoms with Gasteiger partial charge in [0.1, 0.15) is 0 Å². The lowest BCUT2D eigenvalue weighted by molar-refractivity contribution is -0.0350. The molecular formula is C20H34O3. The maximum Gasteiger partial charge on any atom is 0.0778 e. The predicted molar refractivity (Wildman–Crippen MR) is 96.2 cm³/mol. The molecule has 0 spiro atoms. The van der Waals surface area contributed by atoms with E-state index >= 15 is 0 Å². The third-order valence-electron chi connectivity index (χ3n) is 4.87. The summed E-state index contributed by atoms with van der Waals surface area (Å²) >= 11 is 0. The highest BCUT2D eigenvalue weighted by Crippen LogP contribution is 2.30. The first-order valence-electron chi connectivity index (χ1n) is 8.70. The van der Waals surface area contributed by atoms with Gasteiger partial charge in [-0.2, -0.15) is 0 Å². The third kappa shape index (κ3) is 7.03. The van der Waals surface area contributed by atoms with E-state index in [-0.39, 0.29) is 5.92 Å². The molecule has 23 heavy (non-hydrogen) atoms. The van der Waals surface area contributed by atoms with Crippen LogP contribution in [-0.2, 0) is 0 Å². The van der Waals surface area contributed by atoms with Crippen LogP contribution < -0.4 is 0 Å². The molecule has 0 aromatic heterocycles. The monoisotopic (exact) mass is 322 g/mol. The molecule has 1 aliphatic rings. The lowest BCUT2D eigenvalue weighted by Gasteiger charge is -2.33. The quantitative estimate of drug-likeness (QED) is 0.642. The van der Waals surface area contributed by atoms with Crippen molar-refractivity contribution in [2.24, 2.45) is 5.92 Å². The molecule has 3 nitrogen and oxygen atoms in total.